The van der Waals surface area contributed by atoms with Gasteiger partial charge in [-0.1, -0.05) is 23.5 Å². The Bertz CT molecular complexity index is 1160. The highest BCUT2D eigenvalue weighted by Gasteiger charge is 2.21. The van der Waals surface area contributed by atoms with Crippen LogP contribution in [0.1, 0.15) is 12.8 Å². The number of amides is 1. The highest BCUT2D eigenvalue weighted by atomic mass is 32.2. The summed E-state index contributed by atoms with van der Waals surface area (Å²) in [6.45, 7) is 0.139. The van der Waals surface area contributed by atoms with E-state index < -0.39 is 10.0 Å². The fourth-order valence-electron chi connectivity index (χ4n) is 2.99. The number of hydrogen-bond acceptors (Lipinski definition) is 8. The van der Waals surface area contributed by atoms with Crippen molar-refractivity contribution in [2.24, 2.45) is 0 Å². The smallest absolute Gasteiger partial charge is 0.232 e. The average molecular weight is 477 g/mol. The van der Waals surface area contributed by atoms with Crippen molar-refractivity contribution in [2.45, 2.75) is 12.8 Å². The Balaban J connectivity index is 1.59. The number of carbonyl (C=O) groups is 1. The standard InChI is InChI=1S/C21H24N4O5S2/c1-29-16-12-10-15(11-13-16)20-23-24-21(31-20)22-19(26)9-6-14-25(32(3,27)28)17-7-4-5-8-18(17)30-2/h4-5,7-8,10-13H,6,9,14H2,1-3H3,(H,22,24,26). The molecule has 170 valence electrons. The summed E-state index contributed by atoms with van der Waals surface area (Å²) in [5.74, 6) is 0.918. The molecule has 1 heterocycles. The van der Waals surface area contributed by atoms with Gasteiger partial charge in [0.05, 0.1) is 26.2 Å². The third kappa shape index (κ3) is 5.95. The monoisotopic (exact) mass is 476 g/mol. The first kappa shape index (κ1) is 23.5. The van der Waals surface area contributed by atoms with Crippen molar-refractivity contribution in [3.63, 3.8) is 0 Å². The minimum Gasteiger partial charge on any atom is -0.497 e. The number of para-hydroxylation sites is 2. The van der Waals surface area contributed by atoms with Crippen LogP contribution in [0.3, 0.4) is 0 Å². The molecule has 0 saturated carbocycles. The van der Waals surface area contributed by atoms with E-state index in [4.69, 9.17) is 9.47 Å². The number of aromatic nitrogens is 2. The number of nitrogens with one attached hydrogen (secondary N) is 1. The van der Waals surface area contributed by atoms with Gasteiger partial charge in [-0.3, -0.25) is 9.10 Å². The van der Waals surface area contributed by atoms with Crippen LogP contribution in [0, 0.1) is 0 Å². The van der Waals surface area contributed by atoms with Crippen LogP contribution in [-0.4, -0.2) is 51.5 Å². The van der Waals surface area contributed by atoms with Crippen molar-refractivity contribution in [3.05, 3.63) is 48.5 Å². The zero-order chi connectivity index (χ0) is 23.1. The second-order valence-electron chi connectivity index (χ2n) is 6.80. The predicted molar refractivity (Wildman–Crippen MR) is 125 cm³/mol. The summed E-state index contributed by atoms with van der Waals surface area (Å²) in [4.78, 5) is 12.4. The molecule has 1 N–H and O–H groups in total. The van der Waals surface area contributed by atoms with Crippen molar-refractivity contribution in [1.29, 1.82) is 0 Å². The van der Waals surface area contributed by atoms with Gasteiger partial charge >= 0.3 is 0 Å². The van der Waals surface area contributed by atoms with E-state index in [9.17, 15) is 13.2 Å². The minimum atomic E-state index is -3.55. The van der Waals surface area contributed by atoms with Gasteiger partial charge in [-0.2, -0.15) is 0 Å². The zero-order valence-electron chi connectivity index (χ0n) is 17.9. The molecule has 1 aromatic heterocycles. The van der Waals surface area contributed by atoms with Crippen LogP contribution in [0.2, 0.25) is 0 Å². The van der Waals surface area contributed by atoms with E-state index >= 15 is 0 Å². The molecule has 0 saturated heterocycles. The number of ether oxygens (including phenoxy) is 2. The molecule has 2 aromatic carbocycles. The van der Waals surface area contributed by atoms with Crippen LogP contribution < -0.4 is 19.1 Å². The summed E-state index contributed by atoms with van der Waals surface area (Å²) >= 11 is 1.26. The van der Waals surface area contributed by atoms with Crippen LogP contribution in [-0.2, 0) is 14.8 Å². The van der Waals surface area contributed by atoms with Crippen LogP contribution in [0.25, 0.3) is 10.6 Å². The fourth-order valence-corrected chi connectivity index (χ4v) is 4.72. The first-order valence-corrected chi connectivity index (χ1v) is 12.4. The summed E-state index contributed by atoms with van der Waals surface area (Å²) in [5, 5.41) is 11.9. The number of benzene rings is 2. The summed E-state index contributed by atoms with van der Waals surface area (Å²) in [6.07, 6.45) is 1.57. The van der Waals surface area contributed by atoms with E-state index in [0.717, 1.165) is 17.6 Å². The molecule has 1 amide bonds. The van der Waals surface area contributed by atoms with E-state index in [0.29, 0.717) is 28.0 Å². The van der Waals surface area contributed by atoms with Gasteiger partial charge in [0.1, 0.15) is 16.5 Å². The SMILES string of the molecule is COc1ccc(-c2nnc(NC(=O)CCCN(c3ccccc3OC)S(C)(=O)=O)s2)cc1. The van der Waals surface area contributed by atoms with Crippen molar-refractivity contribution < 1.29 is 22.7 Å². The van der Waals surface area contributed by atoms with E-state index in [1.165, 1.54) is 22.8 Å². The Morgan fingerprint density at radius 2 is 1.78 bits per heavy atom. The molecule has 0 fully saturated rings. The Morgan fingerprint density at radius 1 is 1.06 bits per heavy atom. The number of anilines is 2. The summed E-state index contributed by atoms with van der Waals surface area (Å²) < 4.78 is 36.2. The third-order valence-corrected chi connectivity index (χ3v) is 6.60. The molecule has 0 aliphatic rings. The lowest BCUT2D eigenvalue weighted by Crippen LogP contribution is -2.31. The Labute approximate surface area is 191 Å². The highest BCUT2D eigenvalue weighted by Crippen LogP contribution is 2.30. The molecule has 0 spiro atoms. The van der Waals surface area contributed by atoms with E-state index in [-0.39, 0.29) is 18.9 Å². The van der Waals surface area contributed by atoms with Gasteiger partial charge in [-0.05, 0) is 42.8 Å². The average Bonchev–Trinajstić information content (AvgIpc) is 3.24. The van der Waals surface area contributed by atoms with Crippen LogP contribution in [0.4, 0.5) is 10.8 Å². The predicted octanol–water partition coefficient (Wildman–Crippen LogP) is 3.41. The molecule has 3 rings (SSSR count). The molecule has 0 atom stereocenters. The zero-order valence-corrected chi connectivity index (χ0v) is 19.6. The molecular weight excluding hydrogens is 452 g/mol. The molecule has 0 aliphatic heterocycles. The second-order valence-corrected chi connectivity index (χ2v) is 9.68. The number of methoxy groups -OCH3 is 2. The Morgan fingerprint density at radius 3 is 2.44 bits per heavy atom. The highest BCUT2D eigenvalue weighted by molar-refractivity contribution is 7.92. The number of rotatable bonds is 10. The van der Waals surface area contributed by atoms with Gasteiger partial charge in [0.2, 0.25) is 21.1 Å². The lowest BCUT2D eigenvalue weighted by Gasteiger charge is -2.24. The summed E-state index contributed by atoms with van der Waals surface area (Å²) in [5.41, 5.74) is 1.30. The van der Waals surface area contributed by atoms with Crippen molar-refractivity contribution in [2.75, 3.05) is 36.6 Å². The Hall–Kier alpha value is -3.18. The second kappa shape index (κ2) is 10.4. The number of hydrogen-bond donors (Lipinski definition) is 1. The fraction of sp³-hybridized carbons (Fsp3) is 0.286. The molecule has 3 aromatic rings. The quantitative estimate of drug-likeness (QED) is 0.477. The molecule has 0 bridgehead atoms. The maximum absolute atomic E-state index is 12.4. The number of sulfonamides is 1. The molecule has 0 unspecified atom stereocenters. The van der Waals surface area contributed by atoms with Gasteiger partial charge in [0, 0.05) is 18.5 Å². The first-order valence-electron chi connectivity index (χ1n) is 9.70. The molecule has 32 heavy (non-hydrogen) atoms. The molecule has 11 heteroatoms. The maximum atomic E-state index is 12.4. The van der Waals surface area contributed by atoms with Gasteiger partial charge in [-0.25, -0.2) is 8.42 Å². The summed E-state index contributed by atoms with van der Waals surface area (Å²) in [6, 6.07) is 14.2. The van der Waals surface area contributed by atoms with Crippen molar-refractivity contribution >= 4 is 38.1 Å². The third-order valence-electron chi connectivity index (χ3n) is 4.53. The van der Waals surface area contributed by atoms with Crippen molar-refractivity contribution in [1.82, 2.24) is 10.2 Å². The van der Waals surface area contributed by atoms with Crippen LogP contribution in [0.15, 0.2) is 48.5 Å². The molecule has 0 radical (unpaired) electrons. The topological polar surface area (TPSA) is 111 Å². The van der Waals surface area contributed by atoms with Gasteiger partial charge in [-0.15, -0.1) is 10.2 Å². The Kier molecular flexibility index (Phi) is 7.65. The van der Waals surface area contributed by atoms with Gasteiger partial charge in [0.25, 0.3) is 0 Å². The van der Waals surface area contributed by atoms with Gasteiger partial charge in [0.15, 0.2) is 0 Å². The molecule has 9 nitrogen and oxygen atoms in total. The lowest BCUT2D eigenvalue weighted by atomic mass is 10.2. The minimum absolute atomic E-state index is 0.124. The normalized spacial score (nSPS) is 11.1. The van der Waals surface area contributed by atoms with Gasteiger partial charge < -0.3 is 14.8 Å². The van der Waals surface area contributed by atoms with E-state index in [2.05, 4.69) is 15.5 Å². The van der Waals surface area contributed by atoms with Crippen LogP contribution in [0.5, 0.6) is 11.5 Å². The lowest BCUT2D eigenvalue weighted by molar-refractivity contribution is -0.116. The van der Waals surface area contributed by atoms with E-state index in [1.807, 2.05) is 24.3 Å². The first-order chi connectivity index (χ1) is 15.3. The largest absolute Gasteiger partial charge is 0.497 e. The maximum Gasteiger partial charge on any atom is 0.232 e. The number of nitrogens with zero attached hydrogens (tertiary/aromatic N) is 3. The van der Waals surface area contributed by atoms with Crippen molar-refractivity contribution in [3.8, 4) is 22.1 Å². The van der Waals surface area contributed by atoms with E-state index in [1.54, 1.807) is 31.4 Å². The molecular formula is C21H24N4O5S2. The number of carbonyl (C=O) groups excluding carboxylic acids is 1. The molecule has 0 aliphatic carbocycles. The van der Waals surface area contributed by atoms with Crippen LogP contribution >= 0.6 is 11.3 Å². The summed E-state index contributed by atoms with van der Waals surface area (Å²) in [7, 11) is -0.470.